The molecule has 1 amide bonds. The fourth-order valence-electron chi connectivity index (χ4n) is 3.31. The number of amides is 1. The van der Waals surface area contributed by atoms with Crippen LogP contribution in [0.1, 0.15) is 30.1 Å². The second-order valence-corrected chi connectivity index (χ2v) is 9.93. The van der Waals surface area contributed by atoms with E-state index in [1.165, 1.54) is 11.3 Å². The molecule has 0 unspecified atom stereocenters. The monoisotopic (exact) mass is 437 g/mol. The van der Waals surface area contributed by atoms with Gasteiger partial charge in [0, 0.05) is 17.4 Å². The Kier molecular flexibility index (Phi) is 6.59. The molecule has 0 saturated carbocycles. The highest BCUT2D eigenvalue weighted by molar-refractivity contribution is 7.91. The van der Waals surface area contributed by atoms with Gasteiger partial charge in [0.2, 0.25) is 5.91 Å². The number of esters is 1. The number of thiophene rings is 1. The van der Waals surface area contributed by atoms with Crippen molar-refractivity contribution in [2.75, 3.05) is 30.5 Å². The van der Waals surface area contributed by atoms with Crippen molar-refractivity contribution in [1.29, 1.82) is 0 Å². The van der Waals surface area contributed by atoms with Gasteiger partial charge in [0.25, 0.3) is 0 Å². The summed E-state index contributed by atoms with van der Waals surface area (Å²) in [4.78, 5) is 25.1. The molecular formula is C20H23NO6S2. The smallest absolute Gasteiger partial charge is 0.341 e. The van der Waals surface area contributed by atoms with Crippen LogP contribution in [0.2, 0.25) is 0 Å². The third-order valence-electron chi connectivity index (χ3n) is 4.73. The fourth-order valence-corrected chi connectivity index (χ4v) is 6.15. The van der Waals surface area contributed by atoms with Gasteiger partial charge in [-0.25, -0.2) is 13.2 Å². The van der Waals surface area contributed by atoms with Gasteiger partial charge in [-0.3, -0.25) is 4.79 Å². The molecule has 1 aliphatic rings. The molecule has 2 heterocycles. The van der Waals surface area contributed by atoms with Gasteiger partial charge in [-0.15, -0.1) is 11.3 Å². The zero-order valence-corrected chi connectivity index (χ0v) is 17.9. The summed E-state index contributed by atoms with van der Waals surface area (Å²) >= 11 is 1.24. The number of ether oxygens (including phenoxy) is 2. The van der Waals surface area contributed by atoms with Crippen LogP contribution in [0.4, 0.5) is 5.00 Å². The van der Waals surface area contributed by atoms with E-state index in [1.807, 2.05) is 12.1 Å². The summed E-state index contributed by atoms with van der Waals surface area (Å²) in [7, 11) is -1.47. The van der Waals surface area contributed by atoms with Gasteiger partial charge in [0.1, 0.15) is 16.3 Å². The number of carbonyl (C=O) groups is 2. The van der Waals surface area contributed by atoms with E-state index in [-0.39, 0.29) is 36.4 Å². The number of methoxy groups -OCH3 is 1. The Labute approximate surface area is 173 Å². The minimum Gasteiger partial charge on any atom is -0.497 e. The maximum Gasteiger partial charge on any atom is 0.341 e. The molecule has 3 rings (SSSR count). The molecule has 1 saturated heterocycles. The standard InChI is InChI=1S/C20H23NO6S2/c1-3-27-20(23)18-16(14-4-6-15(26-2)7-5-14)11-28-19(18)21-17(22)10-13-8-9-29(24,25)12-13/h4-7,11,13H,3,8-10,12H2,1-2H3,(H,21,22)/t13-/m1/s1. The Morgan fingerprint density at radius 2 is 1.97 bits per heavy atom. The number of hydrogen-bond acceptors (Lipinski definition) is 7. The van der Waals surface area contributed by atoms with Gasteiger partial charge in [0.05, 0.1) is 25.2 Å². The molecule has 29 heavy (non-hydrogen) atoms. The van der Waals surface area contributed by atoms with E-state index in [1.54, 1.807) is 31.5 Å². The van der Waals surface area contributed by atoms with Crippen molar-refractivity contribution in [2.45, 2.75) is 19.8 Å². The van der Waals surface area contributed by atoms with Crippen LogP contribution in [0.25, 0.3) is 11.1 Å². The number of benzene rings is 1. The average Bonchev–Trinajstić information content (AvgIpc) is 3.24. The summed E-state index contributed by atoms with van der Waals surface area (Å²) in [5.74, 6) is -0.153. The largest absolute Gasteiger partial charge is 0.497 e. The lowest BCUT2D eigenvalue weighted by Gasteiger charge is -2.11. The molecule has 0 spiro atoms. The second-order valence-electron chi connectivity index (χ2n) is 6.82. The van der Waals surface area contributed by atoms with E-state index < -0.39 is 15.8 Å². The van der Waals surface area contributed by atoms with Crippen LogP contribution >= 0.6 is 11.3 Å². The first-order chi connectivity index (χ1) is 13.8. The van der Waals surface area contributed by atoms with Crippen molar-refractivity contribution in [2.24, 2.45) is 5.92 Å². The Balaban J connectivity index is 1.83. The van der Waals surface area contributed by atoms with E-state index in [2.05, 4.69) is 5.32 Å². The molecule has 1 aromatic carbocycles. The Morgan fingerprint density at radius 3 is 2.55 bits per heavy atom. The molecule has 156 valence electrons. The highest BCUT2D eigenvalue weighted by Crippen LogP contribution is 2.37. The summed E-state index contributed by atoms with van der Waals surface area (Å²) in [6.07, 6.45) is 0.597. The Bertz CT molecular complexity index is 994. The molecule has 1 N–H and O–H groups in total. The number of nitrogens with one attached hydrogen (secondary N) is 1. The van der Waals surface area contributed by atoms with E-state index in [0.717, 1.165) is 5.56 Å². The van der Waals surface area contributed by atoms with Gasteiger partial charge in [-0.2, -0.15) is 0 Å². The molecular weight excluding hydrogens is 414 g/mol. The molecule has 2 aromatic rings. The van der Waals surface area contributed by atoms with Crippen LogP contribution in [-0.4, -0.2) is 45.5 Å². The van der Waals surface area contributed by atoms with Crippen molar-refractivity contribution in [3.63, 3.8) is 0 Å². The highest BCUT2D eigenvalue weighted by atomic mass is 32.2. The highest BCUT2D eigenvalue weighted by Gasteiger charge is 2.30. The number of rotatable bonds is 7. The molecule has 1 aliphatic heterocycles. The lowest BCUT2D eigenvalue weighted by atomic mass is 10.0. The van der Waals surface area contributed by atoms with Crippen LogP contribution in [0, 0.1) is 5.92 Å². The third kappa shape index (κ3) is 5.16. The van der Waals surface area contributed by atoms with Crippen molar-refractivity contribution in [3.05, 3.63) is 35.2 Å². The summed E-state index contributed by atoms with van der Waals surface area (Å²) in [5, 5.41) is 4.97. The third-order valence-corrected chi connectivity index (χ3v) is 7.46. The van der Waals surface area contributed by atoms with Crippen LogP contribution in [-0.2, 0) is 19.4 Å². The van der Waals surface area contributed by atoms with Crippen LogP contribution in [0.5, 0.6) is 5.75 Å². The van der Waals surface area contributed by atoms with Crippen LogP contribution in [0.15, 0.2) is 29.6 Å². The maximum atomic E-state index is 12.6. The first-order valence-electron chi connectivity index (χ1n) is 9.26. The quantitative estimate of drug-likeness (QED) is 0.667. The van der Waals surface area contributed by atoms with Gasteiger partial charge in [-0.05, 0) is 37.0 Å². The van der Waals surface area contributed by atoms with Gasteiger partial charge in [0.15, 0.2) is 9.84 Å². The zero-order valence-electron chi connectivity index (χ0n) is 16.3. The predicted octanol–water partition coefficient (Wildman–Crippen LogP) is 3.36. The summed E-state index contributed by atoms with van der Waals surface area (Å²) in [5.41, 5.74) is 1.76. The molecule has 0 bridgehead atoms. The first-order valence-corrected chi connectivity index (χ1v) is 12.0. The second kappa shape index (κ2) is 8.96. The van der Waals surface area contributed by atoms with E-state index in [0.29, 0.717) is 28.3 Å². The predicted molar refractivity (Wildman–Crippen MR) is 112 cm³/mol. The molecule has 1 atom stereocenters. The molecule has 7 nitrogen and oxygen atoms in total. The van der Waals surface area contributed by atoms with E-state index in [9.17, 15) is 18.0 Å². The van der Waals surface area contributed by atoms with E-state index in [4.69, 9.17) is 9.47 Å². The summed E-state index contributed by atoms with van der Waals surface area (Å²) in [6, 6.07) is 7.25. The SMILES string of the molecule is CCOC(=O)c1c(-c2ccc(OC)cc2)csc1NC(=O)C[C@H]1CCS(=O)(=O)C1. The molecule has 0 radical (unpaired) electrons. The Hall–Kier alpha value is -2.39. The van der Waals surface area contributed by atoms with Crippen molar-refractivity contribution >= 4 is 38.1 Å². The van der Waals surface area contributed by atoms with E-state index >= 15 is 0 Å². The number of carbonyl (C=O) groups excluding carboxylic acids is 2. The Morgan fingerprint density at radius 1 is 1.24 bits per heavy atom. The average molecular weight is 438 g/mol. The lowest BCUT2D eigenvalue weighted by Crippen LogP contribution is -2.18. The fraction of sp³-hybridized carbons (Fsp3) is 0.400. The van der Waals surface area contributed by atoms with Gasteiger partial charge in [-0.1, -0.05) is 12.1 Å². The lowest BCUT2D eigenvalue weighted by molar-refractivity contribution is -0.116. The van der Waals surface area contributed by atoms with Crippen molar-refractivity contribution in [3.8, 4) is 16.9 Å². The van der Waals surface area contributed by atoms with Crippen LogP contribution < -0.4 is 10.1 Å². The van der Waals surface area contributed by atoms with Crippen molar-refractivity contribution in [1.82, 2.24) is 0 Å². The van der Waals surface area contributed by atoms with Gasteiger partial charge >= 0.3 is 5.97 Å². The number of hydrogen-bond donors (Lipinski definition) is 1. The molecule has 0 aliphatic carbocycles. The number of sulfone groups is 1. The normalized spacial score (nSPS) is 17.7. The van der Waals surface area contributed by atoms with Crippen LogP contribution in [0.3, 0.4) is 0 Å². The van der Waals surface area contributed by atoms with Gasteiger partial charge < -0.3 is 14.8 Å². The molecule has 9 heteroatoms. The summed E-state index contributed by atoms with van der Waals surface area (Å²) < 4.78 is 33.6. The van der Waals surface area contributed by atoms with Crippen molar-refractivity contribution < 1.29 is 27.5 Å². The molecule has 1 fully saturated rings. The summed E-state index contributed by atoms with van der Waals surface area (Å²) in [6.45, 7) is 1.93. The molecule has 1 aromatic heterocycles. The maximum absolute atomic E-state index is 12.6. The zero-order chi connectivity index (χ0) is 21.0. The first kappa shape index (κ1) is 21.3. The minimum atomic E-state index is -3.04. The topological polar surface area (TPSA) is 98.8 Å². The number of anilines is 1. The minimum absolute atomic E-state index is 0.0344.